The molecule has 0 saturated carbocycles. The Morgan fingerprint density at radius 1 is 1.16 bits per heavy atom. The number of carbonyl (C=O) groups is 2. The standard InChI is InChI=1S/C14H28N2O3/c1-4-6-8-16(9-7-5-2)14(19)15-11-12(3)10-13(17)18/h12H,4-11H2,1-3H3,(H,15,19)(H,17,18). The minimum absolute atomic E-state index is 0.0411. The molecule has 0 radical (unpaired) electrons. The van der Waals surface area contributed by atoms with Crippen molar-refractivity contribution in [3.05, 3.63) is 0 Å². The highest BCUT2D eigenvalue weighted by molar-refractivity contribution is 5.74. The highest BCUT2D eigenvalue weighted by Gasteiger charge is 2.14. The van der Waals surface area contributed by atoms with E-state index in [-0.39, 0.29) is 18.4 Å². The summed E-state index contributed by atoms with van der Waals surface area (Å²) in [7, 11) is 0. The normalized spacial score (nSPS) is 11.9. The Morgan fingerprint density at radius 2 is 1.68 bits per heavy atom. The van der Waals surface area contributed by atoms with E-state index in [9.17, 15) is 9.59 Å². The Labute approximate surface area is 116 Å². The number of nitrogens with zero attached hydrogens (tertiary/aromatic N) is 1. The number of nitrogens with one attached hydrogen (secondary N) is 1. The van der Waals surface area contributed by atoms with Crippen LogP contribution in [-0.2, 0) is 4.79 Å². The summed E-state index contributed by atoms with van der Waals surface area (Å²) in [4.78, 5) is 24.4. The molecule has 0 spiro atoms. The number of rotatable bonds is 10. The number of aliphatic carboxylic acids is 1. The maximum absolute atomic E-state index is 12.0. The first-order chi connectivity index (χ1) is 9.01. The van der Waals surface area contributed by atoms with Crippen molar-refractivity contribution < 1.29 is 14.7 Å². The molecule has 0 bridgehead atoms. The molecule has 19 heavy (non-hydrogen) atoms. The van der Waals surface area contributed by atoms with Crippen molar-refractivity contribution in [1.29, 1.82) is 0 Å². The van der Waals surface area contributed by atoms with Crippen molar-refractivity contribution in [1.82, 2.24) is 10.2 Å². The maximum atomic E-state index is 12.0. The number of urea groups is 1. The summed E-state index contributed by atoms with van der Waals surface area (Å²) in [6, 6.07) is -0.0702. The van der Waals surface area contributed by atoms with Crippen LogP contribution in [0.25, 0.3) is 0 Å². The molecule has 0 aliphatic heterocycles. The van der Waals surface area contributed by atoms with E-state index < -0.39 is 5.97 Å². The lowest BCUT2D eigenvalue weighted by Gasteiger charge is -2.23. The smallest absolute Gasteiger partial charge is 0.317 e. The van der Waals surface area contributed by atoms with Crippen LogP contribution in [0.3, 0.4) is 0 Å². The molecule has 0 aliphatic rings. The molecule has 0 aromatic heterocycles. The molecule has 0 aromatic carbocycles. The molecule has 2 amide bonds. The van der Waals surface area contributed by atoms with Crippen molar-refractivity contribution in [2.45, 2.75) is 52.9 Å². The first kappa shape index (κ1) is 17.7. The number of carbonyl (C=O) groups excluding carboxylic acids is 1. The zero-order valence-corrected chi connectivity index (χ0v) is 12.4. The molecule has 1 unspecified atom stereocenters. The van der Waals surface area contributed by atoms with E-state index in [0.717, 1.165) is 38.8 Å². The lowest BCUT2D eigenvalue weighted by atomic mass is 10.1. The average molecular weight is 272 g/mol. The van der Waals surface area contributed by atoms with Crippen molar-refractivity contribution in [2.24, 2.45) is 5.92 Å². The zero-order valence-electron chi connectivity index (χ0n) is 12.4. The summed E-state index contributed by atoms with van der Waals surface area (Å²) < 4.78 is 0. The number of carboxylic acid groups (broad SMARTS) is 1. The molecule has 2 N–H and O–H groups in total. The van der Waals surface area contributed by atoms with E-state index in [1.807, 2.05) is 11.8 Å². The van der Waals surface area contributed by atoms with E-state index in [2.05, 4.69) is 19.2 Å². The van der Waals surface area contributed by atoms with E-state index in [1.54, 1.807) is 0 Å². The number of hydrogen-bond donors (Lipinski definition) is 2. The molecule has 0 heterocycles. The highest BCUT2D eigenvalue weighted by Crippen LogP contribution is 2.02. The predicted molar refractivity (Wildman–Crippen MR) is 76.2 cm³/mol. The van der Waals surface area contributed by atoms with Gasteiger partial charge < -0.3 is 15.3 Å². The number of hydrogen-bond acceptors (Lipinski definition) is 2. The monoisotopic (exact) mass is 272 g/mol. The fourth-order valence-electron chi connectivity index (χ4n) is 1.76. The quantitative estimate of drug-likeness (QED) is 0.642. The Hall–Kier alpha value is -1.26. The molecule has 0 aliphatic carbocycles. The molecule has 5 nitrogen and oxygen atoms in total. The second-order valence-corrected chi connectivity index (χ2v) is 5.08. The lowest BCUT2D eigenvalue weighted by Crippen LogP contribution is -2.42. The van der Waals surface area contributed by atoms with Gasteiger partial charge in [0.2, 0.25) is 0 Å². The first-order valence-corrected chi connectivity index (χ1v) is 7.25. The van der Waals surface area contributed by atoms with Gasteiger partial charge in [-0.2, -0.15) is 0 Å². The lowest BCUT2D eigenvalue weighted by molar-refractivity contribution is -0.137. The topological polar surface area (TPSA) is 69.6 Å². The average Bonchev–Trinajstić information content (AvgIpc) is 2.35. The van der Waals surface area contributed by atoms with Crippen LogP contribution >= 0.6 is 0 Å². The minimum Gasteiger partial charge on any atom is -0.481 e. The zero-order chi connectivity index (χ0) is 14.7. The predicted octanol–water partition coefficient (Wildman–Crippen LogP) is 2.71. The van der Waals surface area contributed by atoms with Gasteiger partial charge in [0.05, 0.1) is 0 Å². The number of amides is 2. The van der Waals surface area contributed by atoms with Crippen LogP contribution < -0.4 is 5.32 Å². The van der Waals surface area contributed by atoms with Crippen LogP contribution in [0.1, 0.15) is 52.9 Å². The largest absolute Gasteiger partial charge is 0.481 e. The van der Waals surface area contributed by atoms with Gasteiger partial charge in [0, 0.05) is 26.1 Å². The van der Waals surface area contributed by atoms with Crippen LogP contribution in [0, 0.1) is 5.92 Å². The molecule has 0 fully saturated rings. The highest BCUT2D eigenvalue weighted by atomic mass is 16.4. The molecule has 0 aromatic rings. The van der Waals surface area contributed by atoms with Gasteiger partial charge in [-0.25, -0.2) is 4.79 Å². The Balaban J connectivity index is 4.10. The van der Waals surface area contributed by atoms with E-state index >= 15 is 0 Å². The van der Waals surface area contributed by atoms with Crippen LogP contribution in [0.15, 0.2) is 0 Å². The van der Waals surface area contributed by atoms with Gasteiger partial charge in [-0.05, 0) is 18.8 Å². The second kappa shape index (κ2) is 10.6. The third-order valence-corrected chi connectivity index (χ3v) is 2.98. The van der Waals surface area contributed by atoms with Crippen LogP contribution in [0.5, 0.6) is 0 Å². The van der Waals surface area contributed by atoms with E-state index in [1.165, 1.54) is 0 Å². The Morgan fingerprint density at radius 3 is 2.11 bits per heavy atom. The van der Waals surface area contributed by atoms with E-state index in [4.69, 9.17) is 5.11 Å². The second-order valence-electron chi connectivity index (χ2n) is 5.08. The van der Waals surface area contributed by atoms with Crippen LogP contribution in [0.2, 0.25) is 0 Å². The fraction of sp³-hybridized carbons (Fsp3) is 0.857. The summed E-state index contributed by atoms with van der Waals surface area (Å²) in [5, 5.41) is 11.5. The molecule has 1 atom stereocenters. The molecule has 5 heteroatoms. The molecular weight excluding hydrogens is 244 g/mol. The van der Waals surface area contributed by atoms with Crippen molar-refractivity contribution in [3.63, 3.8) is 0 Å². The molecule has 112 valence electrons. The molecule has 0 rings (SSSR count). The summed E-state index contributed by atoms with van der Waals surface area (Å²) in [5.74, 6) is -0.865. The Kier molecular flexibility index (Phi) is 9.94. The SMILES string of the molecule is CCCCN(CCCC)C(=O)NCC(C)CC(=O)O. The summed E-state index contributed by atoms with van der Waals surface area (Å²) in [6.45, 7) is 8.00. The number of unbranched alkanes of at least 4 members (excludes halogenated alkanes) is 2. The van der Waals surface area contributed by atoms with Gasteiger partial charge in [-0.1, -0.05) is 33.6 Å². The van der Waals surface area contributed by atoms with Gasteiger partial charge >= 0.3 is 12.0 Å². The first-order valence-electron chi connectivity index (χ1n) is 7.25. The van der Waals surface area contributed by atoms with E-state index in [0.29, 0.717) is 6.54 Å². The van der Waals surface area contributed by atoms with Crippen LogP contribution in [0.4, 0.5) is 4.79 Å². The maximum Gasteiger partial charge on any atom is 0.317 e. The van der Waals surface area contributed by atoms with Gasteiger partial charge in [-0.3, -0.25) is 4.79 Å². The van der Waals surface area contributed by atoms with Crippen LogP contribution in [-0.4, -0.2) is 41.6 Å². The molecular formula is C14H28N2O3. The Bertz CT molecular complexity index is 261. The van der Waals surface area contributed by atoms with Crippen molar-refractivity contribution >= 4 is 12.0 Å². The number of carboxylic acids is 1. The summed E-state index contributed by atoms with van der Waals surface area (Å²) >= 11 is 0. The fourth-order valence-corrected chi connectivity index (χ4v) is 1.76. The van der Waals surface area contributed by atoms with Gasteiger partial charge in [-0.15, -0.1) is 0 Å². The van der Waals surface area contributed by atoms with Gasteiger partial charge in [0.25, 0.3) is 0 Å². The minimum atomic E-state index is -0.824. The molecule has 0 saturated heterocycles. The van der Waals surface area contributed by atoms with Crippen molar-refractivity contribution in [3.8, 4) is 0 Å². The van der Waals surface area contributed by atoms with Gasteiger partial charge in [0.1, 0.15) is 0 Å². The summed E-state index contributed by atoms with van der Waals surface area (Å²) in [6.07, 6.45) is 4.21. The third-order valence-electron chi connectivity index (χ3n) is 2.98. The third kappa shape index (κ3) is 9.33. The summed E-state index contributed by atoms with van der Waals surface area (Å²) in [5.41, 5.74) is 0. The van der Waals surface area contributed by atoms with Gasteiger partial charge in [0.15, 0.2) is 0 Å². The van der Waals surface area contributed by atoms with Crippen molar-refractivity contribution in [2.75, 3.05) is 19.6 Å².